The molecular weight excluding hydrogens is 703 g/mol. The average molecular weight is 780 g/mol. The van der Waals surface area contributed by atoms with E-state index in [9.17, 15) is 9.59 Å². The molecule has 4 aliphatic rings. The van der Waals surface area contributed by atoms with Crippen molar-refractivity contribution in [2.24, 2.45) is 57.8 Å². The van der Waals surface area contributed by atoms with Gasteiger partial charge in [0.15, 0.2) is 0 Å². The maximum absolute atomic E-state index is 13.1. The van der Waals surface area contributed by atoms with Gasteiger partial charge in [-0.3, -0.25) is 9.59 Å². The molecule has 0 unspecified atom stereocenters. The number of carbonyl (C=O) groups is 2. The molecule has 0 bridgehead atoms. The summed E-state index contributed by atoms with van der Waals surface area (Å²) in [4.78, 5) is 28.0. The van der Waals surface area contributed by atoms with Crippen LogP contribution in [0.2, 0.25) is 0 Å². The summed E-state index contributed by atoms with van der Waals surface area (Å²) in [6.07, 6.45) is 20.5. The van der Waals surface area contributed by atoms with Crippen LogP contribution in [-0.2, 0) is 14.3 Å². The summed E-state index contributed by atoms with van der Waals surface area (Å²) < 4.78 is 6.06. The lowest BCUT2D eigenvalue weighted by Gasteiger charge is -2.58. The maximum Gasteiger partial charge on any atom is 0.306 e. The molecule has 5 N–H and O–H groups in total. The van der Waals surface area contributed by atoms with Crippen LogP contribution in [0.15, 0.2) is 11.6 Å². The number of allylic oxidation sites excluding steroid dienone is 1. The van der Waals surface area contributed by atoms with Gasteiger partial charge in [0, 0.05) is 25.9 Å². The van der Waals surface area contributed by atoms with Gasteiger partial charge in [-0.05, 0) is 143 Å². The minimum absolute atomic E-state index is 0. The molecule has 0 radical (unpaired) electrons. The highest BCUT2D eigenvalue weighted by Crippen LogP contribution is 2.67. The molecule has 0 aromatic rings. The predicted molar refractivity (Wildman–Crippen MR) is 220 cm³/mol. The van der Waals surface area contributed by atoms with Gasteiger partial charge in [0.25, 0.3) is 0 Å². The summed E-state index contributed by atoms with van der Waals surface area (Å²) >= 11 is 0. The van der Waals surface area contributed by atoms with E-state index in [1.165, 1.54) is 51.4 Å². The number of carbonyl (C=O) groups excluding carboxylic acids is 2. The van der Waals surface area contributed by atoms with Crippen molar-refractivity contribution in [3.63, 3.8) is 0 Å². The van der Waals surface area contributed by atoms with Gasteiger partial charge in [-0.15, -0.1) is 37.2 Å². The largest absolute Gasteiger partial charge is 0.462 e. The lowest BCUT2D eigenvalue weighted by Crippen LogP contribution is -2.51. The summed E-state index contributed by atoms with van der Waals surface area (Å²) in [6, 6.07) is 0. The third-order valence-electron chi connectivity index (χ3n) is 13.7. The fraction of sp³-hybridized carbons (Fsp3) is 0.902. The van der Waals surface area contributed by atoms with Crippen LogP contribution in [0.25, 0.3) is 0 Å². The van der Waals surface area contributed by atoms with E-state index in [0.717, 1.165) is 93.5 Å². The number of amides is 1. The average Bonchev–Trinajstić information content (AvgIpc) is 3.42. The molecule has 300 valence electrons. The van der Waals surface area contributed by atoms with Crippen molar-refractivity contribution in [1.82, 2.24) is 10.2 Å². The van der Waals surface area contributed by atoms with Crippen molar-refractivity contribution in [2.45, 2.75) is 150 Å². The highest BCUT2D eigenvalue weighted by molar-refractivity contribution is 5.86. The van der Waals surface area contributed by atoms with Crippen LogP contribution < -0.4 is 16.8 Å². The normalized spacial score (nSPS) is 30.0. The molecule has 4 aliphatic carbocycles. The first kappa shape index (κ1) is 48.4. The monoisotopic (exact) mass is 779 g/mol. The molecule has 51 heavy (non-hydrogen) atoms. The number of hydrogen-bond acceptors (Lipinski definition) is 6. The number of hydrogen-bond donors (Lipinski definition) is 3. The van der Waals surface area contributed by atoms with E-state index >= 15 is 0 Å². The zero-order chi connectivity index (χ0) is 34.7. The minimum atomic E-state index is -0.220. The lowest BCUT2D eigenvalue weighted by atomic mass is 9.47. The molecule has 1 amide bonds. The maximum atomic E-state index is 13.1. The number of unbranched alkanes of at least 4 members (excludes halogenated alkanes) is 1. The SMILES string of the molecule is CC(C)CCC[C@@H](C)[C@H]1CC[C@H]2[C@@H]3CC=C4C[C@@H](OC(=O)CCC(=O)N(CCCN)CCCCNCCCN)CC[C@]4(C)[C@H]3CC[C@]12C.Cl.Cl.Cl. The lowest BCUT2D eigenvalue weighted by molar-refractivity contribution is -0.153. The van der Waals surface area contributed by atoms with E-state index in [1.807, 2.05) is 4.90 Å². The van der Waals surface area contributed by atoms with Crippen LogP contribution in [0.4, 0.5) is 0 Å². The van der Waals surface area contributed by atoms with Crippen molar-refractivity contribution < 1.29 is 14.3 Å². The van der Waals surface area contributed by atoms with E-state index in [2.05, 4.69) is 46.0 Å². The third kappa shape index (κ3) is 12.7. The number of fused-ring (bicyclic) bond motifs is 5. The van der Waals surface area contributed by atoms with Gasteiger partial charge in [0.1, 0.15) is 6.10 Å². The third-order valence-corrected chi connectivity index (χ3v) is 13.7. The molecule has 8 atom stereocenters. The number of halogens is 3. The topological polar surface area (TPSA) is 111 Å². The number of esters is 1. The molecule has 0 heterocycles. The van der Waals surface area contributed by atoms with Crippen LogP contribution in [0.1, 0.15) is 144 Å². The highest BCUT2D eigenvalue weighted by atomic mass is 35.5. The van der Waals surface area contributed by atoms with Crippen LogP contribution in [0.5, 0.6) is 0 Å². The van der Waals surface area contributed by atoms with Crippen LogP contribution in [0, 0.1) is 46.3 Å². The second-order valence-corrected chi connectivity index (χ2v) is 17.3. The van der Waals surface area contributed by atoms with Gasteiger partial charge in [-0.1, -0.05) is 65.5 Å². The molecule has 3 fully saturated rings. The van der Waals surface area contributed by atoms with E-state index in [0.29, 0.717) is 31.6 Å². The van der Waals surface area contributed by atoms with Gasteiger partial charge in [0.05, 0.1) is 6.42 Å². The Morgan fingerprint density at radius 2 is 1.57 bits per heavy atom. The van der Waals surface area contributed by atoms with Crippen LogP contribution in [0.3, 0.4) is 0 Å². The zero-order valence-electron chi connectivity index (χ0n) is 32.9. The Morgan fingerprint density at radius 1 is 0.863 bits per heavy atom. The van der Waals surface area contributed by atoms with Gasteiger partial charge in [-0.25, -0.2) is 0 Å². The Hall–Kier alpha value is -0.570. The molecular formula is C41H77Cl3N4O3. The Balaban J connectivity index is 0.00000433. The fourth-order valence-electron chi connectivity index (χ4n) is 10.9. The van der Waals surface area contributed by atoms with Gasteiger partial charge in [0.2, 0.25) is 5.91 Å². The molecule has 7 nitrogen and oxygen atoms in total. The summed E-state index contributed by atoms with van der Waals surface area (Å²) in [6.45, 7) is 17.0. The first-order valence-corrected chi connectivity index (χ1v) is 20.3. The second kappa shape index (κ2) is 23.4. The molecule has 0 aromatic heterocycles. The molecule has 0 saturated heterocycles. The van der Waals surface area contributed by atoms with Gasteiger partial charge >= 0.3 is 5.97 Å². The van der Waals surface area contributed by atoms with Gasteiger partial charge < -0.3 is 26.4 Å². The second-order valence-electron chi connectivity index (χ2n) is 17.3. The van der Waals surface area contributed by atoms with E-state index in [1.54, 1.807) is 5.57 Å². The number of nitrogens with one attached hydrogen (secondary N) is 1. The van der Waals surface area contributed by atoms with E-state index < -0.39 is 0 Å². The molecule has 3 saturated carbocycles. The van der Waals surface area contributed by atoms with Crippen LogP contribution in [-0.4, -0.2) is 62.1 Å². The minimum Gasteiger partial charge on any atom is -0.462 e. The Morgan fingerprint density at radius 3 is 2.27 bits per heavy atom. The van der Waals surface area contributed by atoms with E-state index in [4.69, 9.17) is 16.2 Å². The van der Waals surface area contributed by atoms with Crippen molar-refractivity contribution in [3.8, 4) is 0 Å². The molecule has 0 aliphatic heterocycles. The summed E-state index contributed by atoms with van der Waals surface area (Å²) in [7, 11) is 0. The van der Waals surface area contributed by atoms with E-state index in [-0.39, 0.29) is 73.5 Å². The van der Waals surface area contributed by atoms with Crippen molar-refractivity contribution in [2.75, 3.05) is 39.3 Å². The number of rotatable bonds is 20. The Bertz CT molecular complexity index is 1060. The molecule has 4 rings (SSSR count). The van der Waals surface area contributed by atoms with Crippen molar-refractivity contribution in [3.05, 3.63) is 11.6 Å². The predicted octanol–water partition coefficient (Wildman–Crippen LogP) is 8.88. The fourth-order valence-corrected chi connectivity index (χ4v) is 10.9. The van der Waals surface area contributed by atoms with Crippen molar-refractivity contribution >= 4 is 49.1 Å². The quantitative estimate of drug-likeness (QED) is 0.0647. The smallest absolute Gasteiger partial charge is 0.306 e. The summed E-state index contributed by atoms with van der Waals surface area (Å²) in [5.74, 6) is 4.80. The van der Waals surface area contributed by atoms with Crippen LogP contribution >= 0.6 is 37.2 Å². The number of nitrogens with zero attached hydrogens (tertiary/aromatic N) is 1. The number of ether oxygens (including phenoxy) is 1. The Kier molecular flexibility index (Phi) is 22.2. The first-order valence-electron chi connectivity index (χ1n) is 20.3. The zero-order valence-corrected chi connectivity index (χ0v) is 35.4. The summed E-state index contributed by atoms with van der Waals surface area (Å²) in [5, 5.41) is 3.40. The molecule has 0 aromatic carbocycles. The standard InChI is InChI=1S/C41H74N4O3.3ClH/c1-30(2)11-8-12-31(3)35-15-16-36-34-14-13-32-29-33(19-21-40(32,4)37(34)20-22-41(35,36)5)48-39(47)18-17-38(46)45(28-10-24-43)27-7-6-25-44-26-9-23-42;;;/h13,30-31,33-37,44H,6-12,14-29,42-43H2,1-5H3;3*1H/t31-,33+,34+,35-,36+,37+,40+,41-;;;/m1.../s1. The van der Waals surface area contributed by atoms with Crippen molar-refractivity contribution in [1.29, 1.82) is 0 Å². The molecule has 0 spiro atoms. The highest BCUT2D eigenvalue weighted by Gasteiger charge is 2.59. The van der Waals surface area contributed by atoms with Gasteiger partial charge in [-0.2, -0.15) is 0 Å². The first-order chi connectivity index (χ1) is 23.0. The Labute approximate surface area is 331 Å². The number of nitrogens with two attached hydrogens (primary N) is 2. The summed E-state index contributed by atoms with van der Waals surface area (Å²) in [5.41, 5.74) is 13.6. The molecule has 10 heteroatoms.